The Labute approximate surface area is 137 Å². The van der Waals surface area contributed by atoms with Crippen LogP contribution in [0.15, 0.2) is 46.3 Å². The fourth-order valence-electron chi connectivity index (χ4n) is 2.45. The number of aromatic amines is 1. The number of halogens is 2. The fraction of sp³-hybridized carbons (Fsp3) is 0. The molecule has 21 heavy (non-hydrogen) atoms. The summed E-state index contributed by atoms with van der Waals surface area (Å²) in [6.07, 6.45) is 0. The van der Waals surface area contributed by atoms with Crippen LogP contribution in [0.3, 0.4) is 0 Å². The van der Waals surface area contributed by atoms with Gasteiger partial charge in [-0.2, -0.15) is 0 Å². The van der Waals surface area contributed by atoms with E-state index in [9.17, 15) is 4.39 Å². The highest BCUT2D eigenvalue weighted by atomic mass is 79.9. The lowest BCUT2D eigenvalue weighted by Crippen LogP contribution is -1.94. The number of hydrogen-bond acceptors (Lipinski definition) is 2. The zero-order chi connectivity index (χ0) is 14.6. The van der Waals surface area contributed by atoms with E-state index in [4.69, 9.17) is 12.2 Å². The van der Waals surface area contributed by atoms with Crippen molar-refractivity contribution in [2.75, 3.05) is 0 Å². The van der Waals surface area contributed by atoms with Crippen LogP contribution in [-0.2, 0) is 0 Å². The van der Waals surface area contributed by atoms with Crippen LogP contribution in [-0.4, -0.2) is 9.55 Å². The third-order valence-electron chi connectivity index (χ3n) is 3.42. The first-order chi connectivity index (χ1) is 10.1. The molecule has 104 valence electrons. The molecule has 4 aromatic rings. The first-order valence-electron chi connectivity index (χ1n) is 6.21. The molecule has 2 aromatic heterocycles. The van der Waals surface area contributed by atoms with Gasteiger partial charge in [0.25, 0.3) is 0 Å². The van der Waals surface area contributed by atoms with E-state index in [0.29, 0.717) is 9.24 Å². The summed E-state index contributed by atoms with van der Waals surface area (Å²) in [4.78, 5) is 3.12. The van der Waals surface area contributed by atoms with Crippen molar-refractivity contribution < 1.29 is 4.39 Å². The predicted octanol–water partition coefficient (Wildman–Crippen LogP) is 5.80. The molecule has 0 fully saturated rings. The smallest absolute Gasteiger partial charge is 0.182 e. The first-order valence-corrected chi connectivity index (χ1v) is 8.29. The SMILES string of the molecule is Fc1cc2c(cc1Br)[nH]c(=S)n2-c1ccc2sccc2c1. The van der Waals surface area contributed by atoms with Gasteiger partial charge in [0, 0.05) is 16.5 Å². The number of H-pyrrole nitrogens is 1. The van der Waals surface area contributed by atoms with Crippen molar-refractivity contribution in [3.63, 3.8) is 0 Å². The number of nitrogens with one attached hydrogen (secondary N) is 1. The molecule has 0 aliphatic rings. The molecular formula is C15H8BrFN2S2. The Bertz CT molecular complexity index is 1040. The van der Waals surface area contributed by atoms with Crippen molar-refractivity contribution >= 4 is 60.6 Å². The second-order valence-electron chi connectivity index (χ2n) is 4.69. The van der Waals surface area contributed by atoms with E-state index in [2.05, 4.69) is 44.5 Å². The predicted molar refractivity (Wildman–Crippen MR) is 91.5 cm³/mol. The lowest BCUT2D eigenvalue weighted by molar-refractivity contribution is 0.622. The molecule has 0 unspecified atom stereocenters. The molecule has 0 spiro atoms. The van der Waals surface area contributed by atoms with E-state index in [0.717, 1.165) is 22.1 Å². The summed E-state index contributed by atoms with van der Waals surface area (Å²) >= 11 is 10.3. The molecule has 2 nitrogen and oxygen atoms in total. The van der Waals surface area contributed by atoms with Crippen molar-refractivity contribution in [2.45, 2.75) is 0 Å². The minimum Gasteiger partial charge on any atom is -0.330 e. The second-order valence-corrected chi connectivity index (χ2v) is 6.88. The highest BCUT2D eigenvalue weighted by Crippen LogP contribution is 2.28. The molecule has 0 aliphatic heterocycles. The molecule has 0 saturated heterocycles. The van der Waals surface area contributed by atoms with Crippen LogP contribution in [0.4, 0.5) is 4.39 Å². The third kappa shape index (κ3) is 2.06. The Kier molecular flexibility index (Phi) is 2.99. The number of nitrogens with zero attached hydrogens (tertiary/aromatic N) is 1. The number of hydrogen-bond donors (Lipinski definition) is 1. The van der Waals surface area contributed by atoms with Gasteiger partial charge >= 0.3 is 0 Å². The topological polar surface area (TPSA) is 20.7 Å². The van der Waals surface area contributed by atoms with Crippen LogP contribution < -0.4 is 0 Å². The van der Waals surface area contributed by atoms with Gasteiger partial charge in [-0.15, -0.1) is 11.3 Å². The number of rotatable bonds is 1. The van der Waals surface area contributed by atoms with E-state index >= 15 is 0 Å². The van der Waals surface area contributed by atoms with Gasteiger partial charge in [0.05, 0.1) is 15.5 Å². The van der Waals surface area contributed by atoms with Crippen LogP contribution in [0.1, 0.15) is 0 Å². The van der Waals surface area contributed by atoms with Gasteiger partial charge < -0.3 is 4.98 Å². The van der Waals surface area contributed by atoms with Crippen LogP contribution in [0, 0.1) is 10.6 Å². The number of benzene rings is 2. The molecule has 0 radical (unpaired) electrons. The summed E-state index contributed by atoms with van der Waals surface area (Å²) < 4.78 is 17.9. The van der Waals surface area contributed by atoms with Crippen LogP contribution >= 0.6 is 39.5 Å². The van der Waals surface area contributed by atoms with Gasteiger partial charge in [-0.05, 0) is 69.2 Å². The average molecular weight is 379 g/mol. The van der Waals surface area contributed by atoms with E-state index < -0.39 is 0 Å². The molecule has 4 rings (SSSR count). The molecule has 1 N–H and O–H groups in total. The van der Waals surface area contributed by atoms with E-state index in [1.807, 2.05) is 10.6 Å². The van der Waals surface area contributed by atoms with Gasteiger partial charge in [0.15, 0.2) is 4.77 Å². The molecule has 0 atom stereocenters. The molecule has 0 bridgehead atoms. The quantitative estimate of drug-likeness (QED) is 0.414. The van der Waals surface area contributed by atoms with Crippen molar-refractivity contribution in [2.24, 2.45) is 0 Å². The monoisotopic (exact) mass is 378 g/mol. The van der Waals surface area contributed by atoms with Crippen LogP contribution in [0.25, 0.3) is 26.8 Å². The van der Waals surface area contributed by atoms with Gasteiger partial charge in [0.1, 0.15) is 5.82 Å². The lowest BCUT2D eigenvalue weighted by atomic mass is 10.2. The standard InChI is InChI=1S/C15H8BrFN2S2/c16-10-6-12-13(7-11(10)17)19(15(20)18-12)9-1-2-14-8(5-9)3-4-21-14/h1-7H,(H,18,20). The Morgan fingerprint density at radius 1 is 1.19 bits per heavy atom. The molecule has 6 heteroatoms. The van der Waals surface area contributed by atoms with Crippen molar-refractivity contribution in [3.8, 4) is 5.69 Å². The zero-order valence-electron chi connectivity index (χ0n) is 10.6. The maximum atomic E-state index is 13.9. The summed E-state index contributed by atoms with van der Waals surface area (Å²) in [7, 11) is 0. The summed E-state index contributed by atoms with van der Waals surface area (Å²) in [5, 5.41) is 3.21. The minimum atomic E-state index is -0.304. The Hall–Kier alpha value is -1.50. The highest BCUT2D eigenvalue weighted by molar-refractivity contribution is 9.10. The maximum absolute atomic E-state index is 13.9. The lowest BCUT2D eigenvalue weighted by Gasteiger charge is -2.05. The normalized spacial score (nSPS) is 11.5. The van der Waals surface area contributed by atoms with E-state index in [1.165, 1.54) is 10.8 Å². The van der Waals surface area contributed by atoms with Crippen LogP contribution in [0.5, 0.6) is 0 Å². The van der Waals surface area contributed by atoms with Crippen molar-refractivity contribution in [3.05, 3.63) is 56.8 Å². The third-order valence-corrected chi connectivity index (χ3v) is 5.21. The summed E-state index contributed by atoms with van der Waals surface area (Å²) in [6, 6.07) is 11.4. The molecular weight excluding hydrogens is 371 g/mol. The second kappa shape index (κ2) is 4.76. The number of thiophene rings is 1. The largest absolute Gasteiger partial charge is 0.330 e. The molecule has 0 saturated carbocycles. The maximum Gasteiger partial charge on any atom is 0.182 e. The summed E-state index contributed by atoms with van der Waals surface area (Å²) in [5.41, 5.74) is 2.47. The number of fused-ring (bicyclic) bond motifs is 2. The highest BCUT2D eigenvalue weighted by Gasteiger charge is 2.11. The molecule has 0 amide bonds. The summed E-state index contributed by atoms with van der Waals surface area (Å²) in [5.74, 6) is -0.304. The Balaban J connectivity index is 2.06. The fourth-order valence-corrected chi connectivity index (χ4v) is 3.88. The molecule has 2 heterocycles. The molecule has 0 aliphatic carbocycles. The van der Waals surface area contributed by atoms with Gasteiger partial charge in [-0.3, -0.25) is 4.57 Å². The molecule has 2 aromatic carbocycles. The van der Waals surface area contributed by atoms with Gasteiger partial charge in [-0.25, -0.2) is 4.39 Å². The average Bonchev–Trinajstić information content (AvgIpc) is 3.02. The van der Waals surface area contributed by atoms with Gasteiger partial charge in [-0.1, -0.05) is 0 Å². The van der Waals surface area contributed by atoms with E-state index in [-0.39, 0.29) is 5.82 Å². The minimum absolute atomic E-state index is 0.304. The Morgan fingerprint density at radius 2 is 2.05 bits per heavy atom. The van der Waals surface area contributed by atoms with Crippen molar-refractivity contribution in [1.82, 2.24) is 9.55 Å². The van der Waals surface area contributed by atoms with E-state index in [1.54, 1.807) is 17.4 Å². The zero-order valence-corrected chi connectivity index (χ0v) is 13.8. The first kappa shape index (κ1) is 13.2. The number of aromatic nitrogens is 2. The van der Waals surface area contributed by atoms with Crippen molar-refractivity contribution in [1.29, 1.82) is 0 Å². The van der Waals surface area contributed by atoms with Gasteiger partial charge in [0.2, 0.25) is 0 Å². The van der Waals surface area contributed by atoms with Crippen LogP contribution in [0.2, 0.25) is 0 Å². The Morgan fingerprint density at radius 3 is 2.90 bits per heavy atom. The summed E-state index contributed by atoms with van der Waals surface area (Å²) in [6.45, 7) is 0. The number of imidazole rings is 1.